The number of ether oxygens (including phenoxy) is 2. The summed E-state index contributed by atoms with van der Waals surface area (Å²) in [6, 6.07) is 9.65. The molecule has 0 unspecified atom stereocenters. The van der Waals surface area contributed by atoms with Gasteiger partial charge in [-0.2, -0.15) is 0 Å². The molecule has 9 nitrogen and oxygen atoms in total. The van der Waals surface area contributed by atoms with Gasteiger partial charge in [0.15, 0.2) is 19.0 Å². The second-order valence-electron chi connectivity index (χ2n) is 5.95. The molecule has 0 spiro atoms. The molecule has 0 aliphatic carbocycles. The molecule has 0 atom stereocenters. The summed E-state index contributed by atoms with van der Waals surface area (Å²) < 4.78 is 14.9. The molecule has 0 saturated carbocycles. The summed E-state index contributed by atoms with van der Waals surface area (Å²) in [5, 5.41) is 2.03. The van der Waals surface area contributed by atoms with Crippen LogP contribution in [0.2, 0.25) is 0 Å². The van der Waals surface area contributed by atoms with Crippen molar-refractivity contribution in [2.75, 3.05) is 24.7 Å². The van der Waals surface area contributed by atoms with E-state index in [0.29, 0.717) is 18.7 Å². The summed E-state index contributed by atoms with van der Waals surface area (Å²) in [4.78, 5) is 48.3. The number of nitrogens with one attached hydrogen (secondary N) is 1. The Balaban J connectivity index is 1.38. The Kier molecular flexibility index (Phi) is 6.05. The fourth-order valence-corrected chi connectivity index (χ4v) is 2.61. The molecule has 0 radical (unpaired) electrons. The number of imide groups is 1. The standard InChI is InChI=1S/C19H18N2O7/c22-16(20-19(25)15-3-2-10-26-15)11-28-18(24)12-27-14-7-5-13(6-8-14)21-9-1-4-17(21)23/h2-3,5-8,10H,1,4,9,11-12H2,(H,20,22,25). The van der Waals surface area contributed by atoms with Crippen LogP contribution in [0, 0.1) is 0 Å². The normalized spacial score (nSPS) is 13.3. The molecule has 2 heterocycles. The lowest BCUT2D eigenvalue weighted by molar-refractivity contribution is -0.150. The number of rotatable bonds is 7. The van der Waals surface area contributed by atoms with E-state index in [9.17, 15) is 19.2 Å². The number of carbonyl (C=O) groups is 4. The molecule has 146 valence electrons. The molecule has 28 heavy (non-hydrogen) atoms. The van der Waals surface area contributed by atoms with Crippen LogP contribution in [0.5, 0.6) is 5.75 Å². The van der Waals surface area contributed by atoms with Crippen molar-refractivity contribution in [2.45, 2.75) is 12.8 Å². The Morgan fingerprint density at radius 1 is 1.11 bits per heavy atom. The third-order valence-electron chi connectivity index (χ3n) is 3.94. The van der Waals surface area contributed by atoms with Gasteiger partial charge >= 0.3 is 5.97 Å². The Labute approximate surface area is 160 Å². The Morgan fingerprint density at radius 2 is 1.89 bits per heavy atom. The molecular formula is C19H18N2O7. The highest BCUT2D eigenvalue weighted by molar-refractivity contribution is 6.03. The minimum atomic E-state index is -0.783. The van der Waals surface area contributed by atoms with Gasteiger partial charge in [-0.05, 0) is 42.8 Å². The van der Waals surface area contributed by atoms with Crippen LogP contribution >= 0.6 is 0 Å². The van der Waals surface area contributed by atoms with Crippen molar-refractivity contribution < 1.29 is 33.1 Å². The smallest absolute Gasteiger partial charge is 0.344 e. The van der Waals surface area contributed by atoms with Crippen molar-refractivity contribution in [3.8, 4) is 5.75 Å². The minimum Gasteiger partial charge on any atom is -0.482 e. The van der Waals surface area contributed by atoms with Crippen LogP contribution in [0.4, 0.5) is 5.69 Å². The topological polar surface area (TPSA) is 115 Å². The Bertz CT molecular complexity index is 859. The molecule has 1 saturated heterocycles. The average Bonchev–Trinajstić information content (AvgIpc) is 3.37. The molecule has 3 amide bonds. The van der Waals surface area contributed by atoms with E-state index >= 15 is 0 Å². The summed E-state index contributed by atoms with van der Waals surface area (Å²) in [6.45, 7) is -0.331. The van der Waals surface area contributed by atoms with Crippen LogP contribution < -0.4 is 15.0 Å². The lowest BCUT2D eigenvalue weighted by atomic mass is 10.3. The maximum absolute atomic E-state index is 11.7. The Hall–Kier alpha value is -3.62. The largest absolute Gasteiger partial charge is 0.482 e. The first kappa shape index (κ1) is 19.2. The van der Waals surface area contributed by atoms with Crippen molar-refractivity contribution in [1.29, 1.82) is 0 Å². The SMILES string of the molecule is O=C(COC(=O)COc1ccc(N2CCCC2=O)cc1)NC(=O)c1ccco1. The number of benzene rings is 1. The summed E-state index contributed by atoms with van der Waals surface area (Å²) in [5.74, 6) is -1.79. The third-order valence-corrected chi connectivity index (χ3v) is 3.94. The van der Waals surface area contributed by atoms with Gasteiger partial charge in [-0.1, -0.05) is 0 Å². The van der Waals surface area contributed by atoms with Crippen molar-refractivity contribution >= 4 is 29.4 Å². The van der Waals surface area contributed by atoms with Crippen molar-refractivity contribution in [2.24, 2.45) is 0 Å². The van der Waals surface area contributed by atoms with E-state index in [2.05, 4.69) is 0 Å². The maximum atomic E-state index is 11.7. The summed E-state index contributed by atoms with van der Waals surface area (Å²) in [6.07, 6.45) is 2.68. The second kappa shape index (κ2) is 8.85. The van der Waals surface area contributed by atoms with E-state index in [1.54, 1.807) is 29.2 Å². The number of amides is 3. The number of anilines is 1. The molecular weight excluding hydrogens is 368 g/mol. The van der Waals surface area contributed by atoms with E-state index in [4.69, 9.17) is 13.9 Å². The molecule has 1 aromatic carbocycles. The first-order chi connectivity index (χ1) is 13.5. The second-order valence-corrected chi connectivity index (χ2v) is 5.95. The van der Waals surface area contributed by atoms with Gasteiger partial charge in [0.1, 0.15) is 5.75 Å². The zero-order chi connectivity index (χ0) is 19.9. The lowest BCUT2D eigenvalue weighted by Gasteiger charge is -2.16. The molecule has 3 rings (SSSR count). The highest BCUT2D eigenvalue weighted by Crippen LogP contribution is 2.23. The van der Waals surface area contributed by atoms with Crippen molar-refractivity contribution in [1.82, 2.24) is 5.32 Å². The maximum Gasteiger partial charge on any atom is 0.344 e. The predicted molar refractivity (Wildman–Crippen MR) is 95.7 cm³/mol. The molecule has 0 bridgehead atoms. The van der Waals surface area contributed by atoms with Gasteiger partial charge in [0.25, 0.3) is 11.8 Å². The number of esters is 1. The molecule has 1 aliphatic heterocycles. The fourth-order valence-electron chi connectivity index (χ4n) is 2.61. The lowest BCUT2D eigenvalue weighted by Crippen LogP contribution is -2.34. The molecule has 1 N–H and O–H groups in total. The van der Waals surface area contributed by atoms with Crippen molar-refractivity contribution in [3.63, 3.8) is 0 Å². The van der Waals surface area contributed by atoms with Gasteiger partial charge in [-0.3, -0.25) is 19.7 Å². The van der Waals surface area contributed by atoms with Gasteiger partial charge in [-0.25, -0.2) is 4.79 Å². The van der Waals surface area contributed by atoms with E-state index in [1.807, 2.05) is 5.32 Å². The van der Waals surface area contributed by atoms with Crippen LogP contribution in [-0.2, 0) is 19.1 Å². The number of furan rings is 1. The molecule has 2 aromatic rings. The van der Waals surface area contributed by atoms with Gasteiger partial charge in [0.05, 0.1) is 6.26 Å². The number of nitrogens with zero attached hydrogens (tertiary/aromatic N) is 1. The van der Waals surface area contributed by atoms with Gasteiger partial charge < -0.3 is 18.8 Å². The van der Waals surface area contributed by atoms with Crippen LogP contribution in [-0.4, -0.2) is 43.4 Å². The van der Waals surface area contributed by atoms with Crippen molar-refractivity contribution in [3.05, 3.63) is 48.4 Å². The summed E-state index contributed by atoms with van der Waals surface area (Å²) in [7, 11) is 0. The van der Waals surface area contributed by atoms with E-state index < -0.39 is 31.0 Å². The minimum absolute atomic E-state index is 0.0258. The molecule has 1 aliphatic rings. The number of carbonyl (C=O) groups excluding carboxylic acids is 4. The van der Waals surface area contributed by atoms with Gasteiger partial charge in [0.2, 0.25) is 5.91 Å². The summed E-state index contributed by atoms with van der Waals surface area (Å²) >= 11 is 0. The summed E-state index contributed by atoms with van der Waals surface area (Å²) in [5.41, 5.74) is 0.773. The number of hydrogen-bond acceptors (Lipinski definition) is 7. The predicted octanol–water partition coefficient (Wildman–Crippen LogP) is 1.28. The van der Waals surface area contributed by atoms with Crippen LogP contribution in [0.15, 0.2) is 47.1 Å². The van der Waals surface area contributed by atoms with E-state index in [1.165, 1.54) is 18.4 Å². The fraction of sp³-hybridized carbons (Fsp3) is 0.263. The number of hydrogen-bond donors (Lipinski definition) is 1. The molecule has 1 aromatic heterocycles. The highest BCUT2D eigenvalue weighted by Gasteiger charge is 2.21. The zero-order valence-electron chi connectivity index (χ0n) is 14.9. The van der Waals surface area contributed by atoms with Gasteiger partial charge in [0, 0.05) is 18.7 Å². The first-order valence-electron chi connectivity index (χ1n) is 8.59. The first-order valence-corrected chi connectivity index (χ1v) is 8.59. The van der Waals surface area contributed by atoms with Crippen LogP contribution in [0.1, 0.15) is 23.4 Å². The zero-order valence-corrected chi connectivity index (χ0v) is 14.9. The van der Waals surface area contributed by atoms with Crippen LogP contribution in [0.3, 0.4) is 0 Å². The third kappa shape index (κ3) is 4.97. The molecule has 9 heteroatoms. The average molecular weight is 386 g/mol. The van der Waals surface area contributed by atoms with E-state index in [-0.39, 0.29) is 11.7 Å². The monoisotopic (exact) mass is 386 g/mol. The highest BCUT2D eigenvalue weighted by atomic mass is 16.6. The quantitative estimate of drug-likeness (QED) is 0.713. The molecule has 1 fully saturated rings. The van der Waals surface area contributed by atoms with E-state index in [0.717, 1.165) is 12.1 Å². The Morgan fingerprint density at radius 3 is 2.54 bits per heavy atom. The van der Waals surface area contributed by atoms with Crippen LogP contribution in [0.25, 0.3) is 0 Å². The van der Waals surface area contributed by atoms with Gasteiger partial charge in [-0.15, -0.1) is 0 Å².